The fourth-order valence-electron chi connectivity index (χ4n) is 0.655. The van der Waals surface area contributed by atoms with Crippen molar-refractivity contribution in [3.63, 3.8) is 0 Å². The number of benzene rings is 1. The zero-order valence-electron chi connectivity index (χ0n) is 5.53. The maximum atomic E-state index is 10.3. The molecule has 0 radical (unpaired) electrons. The van der Waals surface area contributed by atoms with Gasteiger partial charge in [0.15, 0.2) is 8.46 Å². The normalized spacial score (nSPS) is 10.2. The van der Waals surface area contributed by atoms with Gasteiger partial charge in [-0.3, -0.25) is 4.57 Å². The quantitative estimate of drug-likeness (QED) is 0.505. The summed E-state index contributed by atoms with van der Waals surface area (Å²) >= 11 is 4.18. The van der Waals surface area contributed by atoms with Gasteiger partial charge in [-0.05, 0) is 24.6 Å². The van der Waals surface area contributed by atoms with E-state index in [1.54, 1.807) is 6.07 Å². The van der Waals surface area contributed by atoms with E-state index in [1.807, 2.05) is 19.1 Å². The Morgan fingerprint density at radius 3 is 2.70 bits per heavy atom. The molecule has 3 heteroatoms. The number of thiol groups is 1. The smallest absolute Gasteiger partial charge is 0.192 e. The summed E-state index contributed by atoms with van der Waals surface area (Å²) in [6.07, 6.45) is 0. The second-order valence-electron chi connectivity index (χ2n) is 2.06. The van der Waals surface area contributed by atoms with E-state index in [1.165, 1.54) is 0 Å². The predicted molar refractivity (Wildman–Crippen MR) is 45.7 cm³/mol. The largest absolute Gasteiger partial charge is 0.269 e. The van der Waals surface area contributed by atoms with Crippen LogP contribution in [0.5, 0.6) is 0 Å². The summed E-state index contributed by atoms with van der Waals surface area (Å²) in [4.78, 5) is 0.890. The lowest BCUT2D eigenvalue weighted by Gasteiger charge is -1.96. The number of hydrogen-bond donors (Lipinski definition) is 1. The lowest BCUT2D eigenvalue weighted by Crippen LogP contribution is -1.90. The maximum absolute atomic E-state index is 10.3. The molecule has 0 saturated carbocycles. The van der Waals surface area contributed by atoms with Gasteiger partial charge in [0, 0.05) is 10.2 Å². The summed E-state index contributed by atoms with van der Waals surface area (Å²) in [5.41, 5.74) is 1.11. The molecule has 0 amide bonds. The molecule has 0 spiro atoms. The Bertz CT molecular complexity index is 260. The molecule has 1 nitrogen and oxygen atoms in total. The fourth-order valence-corrected chi connectivity index (χ4v) is 1.29. The van der Waals surface area contributed by atoms with Crippen LogP contribution in [0.1, 0.15) is 5.56 Å². The van der Waals surface area contributed by atoms with Crippen molar-refractivity contribution in [2.75, 3.05) is 0 Å². The summed E-state index contributed by atoms with van der Waals surface area (Å²) in [6.45, 7) is 1.97. The van der Waals surface area contributed by atoms with Crippen molar-refractivity contribution in [2.45, 2.75) is 11.8 Å². The molecule has 0 saturated heterocycles. The molecule has 0 atom stereocenters. The first kappa shape index (κ1) is 7.77. The van der Waals surface area contributed by atoms with Gasteiger partial charge in [-0.15, -0.1) is 12.6 Å². The van der Waals surface area contributed by atoms with Gasteiger partial charge < -0.3 is 0 Å². The first-order chi connectivity index (χ1) is 4.74. The number of rotatable bonds is 1. The molecule has 1 rings (SSSR count). The van der Waals surface area contributed by atoms with E-state index < -0.39 is 0 Å². The van der Waals surface area contributed by atoms with Gasteiger partial charge in [0.1, 0.15) is 0 Å². The minimum Gasteiger partial charge on any atom is -0.269 e. The van der Waals surface area contributed by atoms with Gasteiger partial charge in [0.25, 0.3) is 0 Å². The molecule has 0 heterocycles. The Kier molecular flexibility index (Phi) is 2.47. The van der Waals surface area contributed by atoms with Crippen molar-refractivity contribution in [2.24, 2.45) is 0 Å². The molecule has 0 N–H and O–H groups in total. The van der Waals surface area contributed by atoms with Gasteiger partial charge >= 0.3 is 0 Å². The van der Waals surface area contributed by atoms with Crippen LogP contribution < -0.4 is 5.30 Å². The molecule has 0 bridgehead atoms. The third-order valence-electron chi connectivity index (χ3n) is 1.30. The van der Waals surface area contributed by atoms with E-state index >= 15 is 0 Å². The Hall–Kier alpha value is -0.330. The minimum absolute atomic E-state index is 0.0583. The van der Waals surface area contributed by atoms with Gasteiger partial charge in [-0.25, -0.2) is 0 Å². The van der Waals surface area contributed by atoms with Crippen LogP contribution in [0.15, 0.2) is 23.1 Å². The molecule has 1 aromatic rings. The lowest BCUT2D eigenvalue weighted by molar-refractivity contribution is 0.603. The van der Waals surface area contributed by atoms with Crippen molar-refractivity contribution in [3.8, 4) is 0 Å². The van der Waals surface area contributed by atoms with Gasteiger partial charge in [0.05, 0.1) is 0 Å². The molecule has 0 aromatic heterocycles. The van der Waals surface area contributed by atoms with Crippen LogP contribution >= 0.6 is 21.1 Å². The topological polar surface area (TPSA) is 17.1 Å². The third-order valence-corrected chi connectivity index (χ3v) is 2.27. The Morgan fingerprint density at radius 1 is 1.50 bits per heavy atom. The van der Waals surface area contributed by atoms with E-state index in [0.717, 1.165) is 15.8 Å². The summed E-state index contributed by atoms with van der Waals surface area (Å²) in [5, 5.41) is 0.774. The van der Waals surface area contributed by atoms with Crippen LogP contribution in [-0.2, 0) is 4.57 Å². The molecule has 0 unspecified atom stereocenters. The second kappa shape index (κ2) is 3.18. The number of hydrogen-bond acceptors (Lipinski definition) is 2. The van der Waals surface area contributed by atoms with Crippen LogP contribution in [0.2, 0.25) is 0 Å². The lowest BCUT2D eigenvalue weighted by atomic mass is 10.2. The molecule has 10 heavy (non-hydrogen) atoms. The third kappa shape index (κ3) is 1.59. The van der Waals surface area contributed by atoms with E-state index in [4.69, 9.17) is 0 Å². The molecular weight excluding hydrogens is 163 g/mol. The van der Waals surface area contributed by atoms with Crippen molar-refractivity contribution < 1.29 is 4.57 Å². The van der Waals surface area contributed by atoms with Crippen molar-refractivity contribution in [3.05, 3.63) is 23.8 Å². The van der Waals surface area contributed by atoms with Gasteiger partial charge in [0.2, 0.25) is 0 Å². The second-order valence-corrected chi connectivity index (χ2v) is 3.24. The zero-order chi connectivity index (χ0) is 7.56. The molecular formula is C7H7OPS. The van der Waals surface area contributed by atoms with Crippen molar-refractivity contribution in [1.29, 1.82) is 0 Å². The highest BCUT2D eigenvalue weighted by Crippen LogP contribution is 2.11. The Labute approximate surface area is 67.1 Å². The zero-order valence-corrected chi connectivity index (χ0v) is 7.32. The van der Waals surface area contributed by atoms with Gasteiger partial charge in [-0.1, -0.05) is 6.07 Å². The molecule has 0 fully saturated rings. The highest BCUT2D eigenvalue weighted by atomic mass is 32.1. The Morgan fingerprint density at radius 2 is 2.20 bits per heavy atom. The average Bonchev–Trinajstić information content (AvgIpc) is 1.95. The van der Waals surface area contributed by atoms with E-state index in [9.17, 15) is 4.57 Å². The molecule has 0 aliphatic carbocycles. The summed E-state index contributed by atoms with van der Waals surface area (Å²) < 4.78 is 10.3. The molecule has 1 aromatic carbocycles. The predicted octanol–water partition coefficient (Wildman–Crippen LogP) is 2.20. The Balaban J connectivity index is 3.16. The highest BCUT2D eigenvalue weighted by molar-refractivity contribution is 7.80. The molecule has 0 aliphatic heterocycles. The maximum Gasteiger partial charge on any atom is 0.192 e. The SMILES string of the molecule is Cc1ccc(P=O)cc1S. The standard InChI is InChI=1S/C7H7OPS/c1-5-2-3-6(9-8)4-7(5)10/h2-4,10H,1H3. The fraction of sp³-hybridized carbons (Fsp3) is 0.143. The first-order valence-corrected chi connectivity index (χ1v) is 4.13. The minimum atomic E-state index is 0.0583. The first-order valence-electron chi connectivity index (χ1n) is 2.87. The van der Waals surface area contributed by atoms with Crippen molar-refractivity contribution >= 4 is 26.4 Å². The highest BCUT2D eigenvalue weighted by Gasteiger charge is 1.94. The van der Waals surface area contributed by atoms with Gasteiger partial charge in [-0.2, -0.15) is 0 Å². The van der Waals surface area contributed by atoms with E-state index in [0.29, 0.717) is 0 Å². The summed E-state index contributed by atoms with van der Waals surface area (Å²) in [6, 6.07) is 5.53. The van der Waals surface area contributed by atoms with E-state index in [-0.39, 0.29) is 8.46 Å². The summed E-state index contributed by atoms with van der Waals surface area (Å²) in [7, 11) is 0.0583. The van der Waals surface area contributed by atoms with Crippen LogP contribution in [0, 0.1) is 6.92 Å². The van der Waals surface area contributed by atoms with Crippen LogP contribution in [0.4, 0.5) is 0 Å². The van der Waals surface area contributed by atoms with Crippen LogP contribution in [-0.4, -0.2) is 0 Å². The number of aryl methyl sites for hydroxylation is 1. The van der Waals surface area contributed by atoms with E-state index in [2.05, 4.69) is 12.6 Å². The van der Waals surface area contributed by atoms with Crippen LogP contribution in [0.3, 0.4) is 0 Å². The molecule has 0 aliphatic rings. The molecule has 52 valence electrons. The van der Waals surface area contributed by atoms with Crippen LogP contribution in [0.25, 0.3) is 0 Å². The van der Waals surface area contributed by atoms with Crippen molar-refractivity contribution in [1.82, 2.24) is 0 Å². The summed E-state index contributed by atoms with van der Waals surface area (Å²) in [5.74, 6) is 0. The monoisotopic (exact) mass is 170 g/mol. The average molecular weight is 170 g/mol.